The average molecular weight is 352 g/mol. The zero-order chi connectivity index (χ0) is 17.9. The van der Waals surface area contributed by atoms with Crippen LogP contribution in [-0.4, -0.2) is 9.97 Å². The van der Waals surface area contributed by atoms with Gasteiger partial charge in [-0.05, 0) is 46.6 Å². The summed E-state index contributed by atoms with van der Waals surface area (Å²) in [5, 5.41) is 0. The Balaban J connectivity index is 1.58. The molecular formula is C21H15F3N2. The first-order valence-electron chi connectivity index (χ1n) is 8.57. The Morgan fingerprint density at radius 2 is 1.35 bits per heavy atom. The van der Waals surface area contributed by atoms with Crippen LogP contribution in [0.15, 0.2) is 67.3 Å². The van der Waals surface area contributed by atoms with Gasteiger partial charge in [0, 0.05) is 23.9 Å². The van der Waals surface area contributed by atoms with Gasteiger partial charge in [-0.25, -0.2) is 9.97 Å². The van der Waals surface area contributed by atoms with E-state index in [1.807, 2.05) is 0 Å². The van der Waals surface area contributed by atoms with E-state index in [2.05, 4.69) is 34.3 Å². The number of alkyl halides is 3. The van der Waals surface area contributed by atoms with E-state index in [0.717, 1.165) is 34.4 Å². The number of rotatable bonds is 2. The monoisotopic (exact) mass is 352 g/mol. The van der Waals surface area contributed by atoms with Gasteiger partial charge in [0.05, 0.1) is 5.56 Å². The zero-order valence-corrected chi connectivity index (χ0v) is 13.7. The summed E-state index contributed by atoms with van der Waals surface area (Å²) in [5.74, 6) is 1.39. The van der Waals surface area contributed by atoms with Gasteiger partial charge in [0.15, 0.2) is 0 Å². The van der Waals surface area contributed by atoms with E-state index in [-0.39, 0.29) is 5.92 Å². The van der Waals surface area contributed by atoms with Crippen LogP contribution in [0.2, 0.25) is 0 Å². The molecule has 1 aromatic carbocycles. The summed E-state index contributed by atoms with van der Waals surface area (Å²) in [6.45, 7) is 0. The number of nitrogens with zero attached hydrogens (tertiary/aromatic N) is 2. The first-order chi connectivity index (χ1) is 12.5. The first kappa shape index (κ1) is 15.6. The minimum Gasteiger partial charge on any atom is -0.244 e. The molecule has 4 aliphatic rings. The molecule has 1 aromatic heterocycles. The van der Waals surface area contributed by atoms with Crippen molar-refractivity contribution in [2.24, 2.45) is 23.7 Å². The SMILES string of the molecule is FC(F)(F)c1ccc(C2=C[C@@H]3[C@@H]4C=C[C@H]2C(c2cncnc2)=C[C@@H]43)cc1. The fourth-order valence-corrected chi connectivity index (χ4v) is 4.17. The largest absolute Gasteiger partial charge is 0.416 e. The van der Waals surface area contributed by atoms with Crippen LogP contribution in [0.25, 0.3) is 11.1 Å². The van der Waals surface area contributed by atoms with E-state index >= 15 is 0 Å². The van der Waals surface area contributed by atoms with Crippen LogP contribution in [0.1, 0.15) is 16.7 Å². The number of hydrogen-bond donors (Lipinski definition) is 0. The Labute approximate surface area is 148 Å². The van der Waals surface area contributed by atoms with Crippen molar-refractivity contribution in [1.82, 2.24) is 9.97 Å². The minimum absolute atomic E-state index is 0.0118. The second-order valence-corrected chi connectivity index (χ2v) is 7.04. The highest BCUT2D eigenvalue weighted by Gasteiger charge is 2.49. The number of allylic oxidation sites excluding steroid dienone is 6. The molecule has 4 aliphatic carbocycles. The maximum absolute atomic E-state index is 12.9. The lowest BCUT2D eigenvalue weighted by atomic mass is 9.84. The van der Waals surface area contributed by atoms with E-state index in [9.17, 15) is 13.2 Å². The van der Waals surface area contributed by atoms with Crippen molar-refractivity contribution >= 4 is 11.1 Å². The first-order valence-corrected chi connectivity index (χ1v) is 8.57. The molecule has 0 N–H and O–H groups in total. The maximum atomic E-state index is 12.9. The van der Waals surface area contributed by atoms with Crippen LogP contribution >= 0.6 is 0 Å². The molecule has 6 rings (SSSR count). The predicted octanol–water partition coefficient (Wildman–Crippen LogP) is 5.02. The van der Waals surface area contributed by atoms with Crippen LogP contribution in [-0.2, 0) is 6.18 Å². The van der Waals surface area contributed by atoms with Crippen molar-refractivity contribution in [1.29, 1.82) is 0 Å². The Bertz CT molecular complexity index is 939. The van der Waals surface area contributed by atoms with Crippen LogP contribution in [0.3, 0.4) is 0 Å². The fourth-order valence-electron chi connectivity index (χ4n) is 4.17. The molecule has 2 nitrogen and oxygen atoms in total. The summed E-state index contributed by atoms with van der Waals surface area (Å²) in [7, 11) is 0. The summed E-state index contributed by atoms with van der Waals surface area (Å²) in [6, 6.07) is 5.49. The van der Waals surface area contributed by atoms with E-state index in [1.54, 1.807) is 24.5 Å². The molecule has 0 radical (unpaired) electrons. The molecule has 26 heavy (non-hydrogen) atoms. The summed E-state index contributed by atoms with van der Waals surface area (Å²) in [4.78, 5) is 8.25. The molecule has 0 aliphatic heterocycles. The van der Waals surface area contributed by atoms with E-state index < -0.39 is 11.7 Å². The number of halogens is 3. The second-order valence-electron chi connectivity index (χ2n) is 7.04. The fraction of sp³-hybridized carbons (Fsp3) is 0.238. The summed E-state index contributed by atoms with van der Waals surface area (Å²) in [5.41, 5.74) is 3.39. The van der Waals surface area contributed by atoms with Crippen molar-refractivity contribution in [2.75, 3.05) is 0 Å². The van der Waals surface area contributed by atoms with Gasteiger partial charge in [0.25, 0.3) is 0 Å². The minimum atomic E-state index is -4.32. The smallest absolute Gasteiger partial charge is 0.244 e. The van der Waals surface area contributed by atoms with Gasteiger partial charge in [-0.1, -0.05) is 36.4 Å². The topological polar surface area (TPSA) is 25.8 Å². The molecule has 0 spiro atoms. The Morgan fingerprint density at radius 3 is 1.96 bits per heavy atom. The number of hydrogen-bond acceptors (Lipinski definition) is 2. The Kier molecular flexibility index (Phi) is 3.23. The third-order valence-electron chi connectivity index (χ3n) is 5.57. The number of aromatic nitrogens is 2. The normalized spacial score (nSPS) is 28.9. The molecule has 4 atom stereocenters. The highest BCUT2D eigenvalue weighted by molar-refractivity contribution is 5.87. The molecule has 5 heteroatoms. The van der Waals surface area contributed by atoms with Gasteiger partial charge in [-0.3, -0.25) is 0 Å². The lowest BCUT2D eigenvalue weighted by Crippen LogP contribution is -2.06. The van der Waals surface area contributed by atoms with Gasteiger partial charge in [0.1, 0.15) is 6.33 Å². The molecule has 0 unspecified atom stereocenters. The van der Waals surface area contributed by atoms with Crippen molar-refractivity contribution < 1.29 is 13.2 Å². The molecule has 2 aromatic rings. The Hall–Kier alpha value is -2.69. The quantitative estimate of drug-likeness (QED) is 0.709. The highest BCUT2D eigenvalue weighted by Crippen LogP contribution is 2.58. The van der Waals surface area contributed by atoms with Gasteiger partial charge >= 0.3 is 6.18 Å². The third kappa shape index (κ3) is 2.42. The van der Waals surface area contributed by atoms with Crippen molar-refractivity contribution in [3.63, 3.8) is 0 Å². The molecule has 0 amide bonds. The highest BCUT2D eigenvalue weighted by atomic mass is 19.4. The van der Waals surface area contributed by atoms with Crippen LogP contribution < -0.4 is 0 Å². The molecule has 1 heterocycles. The lowest BCUT2D eigenvalue weighted by Gasteiger charge is -2.20. The van der Waals surface area contributed by atoms with Crippen molar-refractivity contribution in [3.05, 3.63) is 84.0 Å². The van der Waals surface area contributed by atoms with Crippen LogP contribution in [0.4, 0.5) is 13.2 Å². The summed E-state index contributed by atoms with van der Waals surface area (Å²) in [6.07, 6.45) is 9.76. The average Bonchev–Trinajstić information content (AvgIpc) is 3.38. The van der Waals surface area contributed by atoms with Crippen molar-refractivity contribution in [2.45, 2.75) is 6.18 Å². The number of benzene rings is 1. The van der Waals surface area contributed by atoms with E-state index in [4.69, 9.17) is 0 Å². The van der Waals surface area contributed by atoms with Gasteiger partial charge in [0.2, 0.25) is 0 Å². The lowest BCUT2D eigenvalue weighted by molar-refractivity contribution is -0.137. The van der Waals surface area contributed by atoms with Gasteiger partial charge in [-0.2, -0.15) is 13.2 Å². The predicted molar refractivity (Wildman–Crippen MR) is 92.5 cm³/mol. The van der Waals surface area contributed by atoms with Crippen molar-refractivity contribution in [3.8, 4) is 0 Å². The van der Waals surface area contributed by atoms with Crippen LogP contribution in [0.5, 0.6) is 0 Å². The summed E-state index contributed by atoms with van der Waals surface area (Å²) >= 11 is 0. The zero-order valence-electron chi connectivity index (χ0n) is 13.7. The van der Waals surface area contributed by atoms with Crippen LogP contribution in [0, 0.1) is 23.7 Å². The molecule has 4 bridgehead atoms. The van der Waals surface area contributed by atoms with E-state index in [1.165, 1.54) is 6.33 Å². The van der Waals surface area contributed by atoms with Gasteiger partial charge < -0.3 is 0 Å². The molecule has 0 saturated heterocycles. The third-order valence-corrected chi connectivity index (χ3v) is 5.57. The molecule has 1 fully saturated rings. The van der Waals surface area contributed by atoms with E-state index in [0.29, 0.717) is 17.8 Å². The molecule has 1 saturated carbocycles. The maximum Gasteiger partial charge on any atom is 0.416 e. The van der Waals surface area contributed by atoms with Gasteiger partial charge in [-0.15, -0.1) is 0 Å². The summed E-state index contributed by atoms with van der Waals surface area (Å²) < 4.78 is 38.6. The standard InChI is InChI=1S/C21H15F3N2/c22-21(23,24)14-3-1-12(2-4-14)17-7-19-16-6-5-15(17)18(8-20(16)19)13-9-25-11-26-10-13/h1-11,15-16,19-20H/t15-,16+,19-,20+/m1/s1. The molecular weight excluding hydrogens is 337 g/mol. The second kappa shape index (κ2) is 5.40. The Morgan fingerprint density at radius 1 is 0.731 bits per heavy atom. The molecule has 130 valence electrons.